The van der Waals surface area contributed by atoms with Crippen molar-refractivity contribution in [1.29, 1.82) is 0 Å². The Labute approximate surface area is 142 Å². The van der Waals surface area contributed by atoms with Crippen molar-refractivity contribution in [2.24, 2.45) is 0 Å². The molecule has 0 spiro atoms. The topological polar surface area (TPSA) is 43.4 Å². The van der Waals surface area contributed by atoms with Gasteiger partial charge >= 0.3 is 6.36 Å². The van der Waals surface area contributed by atoms with Crippen LogP contribution in [0.3, 0.4) is 0 Å². The van der Waals surface area contributed by atoms with Gasteiger partial charge in [0.2, 0.25) is 0 Å². The lowest BCUT2D eigenvalue weighted by molar-refractivity contribution is -0.274. The van der Waals surface area contributed by atoms with Gasteiger partial charge in [-0.2, -0.15) is 0 Å². The molecule has 24 heavy (non-hydrogen) atoms. The summed E-state index contributed by atoms with van der Waals surface area (Å²) in [6, 6.07) is 5.91. The van der Waals surface area contributed by atoms with Crippen molar-refractivity contribution in [3.05, 3.63) is 29.8 Å². The van der Waals surface area contributed by atoms with Crippen molar-refractivity contribution >= 4 is 9.84 Å². The molecule has 1 aromatic carbocycles. The summed E-state index contributed by atoms with van der Waals surface area (Å²) in [6.07, 6.45) is 0.553. The number of sulfone groups is 1. The molecule has 1 rings (SSSR count). The average molecular weight is 366 g/mol. The monoisotopic (exact) mass is 366 g/mol. The van der Waals surface area contributed by atoms with Crippen LogP contribution in [0.1, 0.15) is 51.5 Å². The zero-order chi connectivity index (χ0) is 18.2. The molecule has 0 saturated heterocycles. The first kappa shape index (κ1) is 20.8. The van der Waals surface area contributed by atoms with Crippen LogP contribution in [0.25, 0.3) is 0 Å². The number of hydrogen-bond donors (Lipinski definition) is 0. The van der Waals surface area contributed by atoms with E-state index in [1.54, 1.807) is 26.0 Å². The molecule has 0 heterocycles. The molecule has 0 aliphatic carbocycles. The summed E-state index contributed by atoms with van der Waals surface area (Å²) in [5, 5.41) is -0.318. The molecule has 1 aromatic rings. The van der Waals surface area contributed by atoms with Gasteiger partial charge < -0.3 is 4.74 Å². The lowest BCUT2D eigenvalue weighted by atomic mass is 10.1. The van der Waals surface area contributed by atoms with Crippen LogP contribution in [-0.4, -0.2) is 25.8 Å². The molecule has 0 fully saturated rings. The molecule has 0 atom stereocenters. The van der Waals surface area contributed by atoms with Crippen LogP contribution >= 0.6 is 0 Å². The van der Waals surface area contributed by atoms with Gasteiger partial charge in [-0.25, -0.2) is 8.42 Å². The largest absolute Gasteiger partial charge is 0.573 e. The summed E-state index contributed by atoms with van der Waals surface area (Å²) in [4.78, 5) is 0. The highest BCUT2D eigenvalue weighted by Crippen LogP contribution is 2.23. The average Bonchev–Trinajstić information content (AvgIpc) is 2.46. The molecule has 7 heteroatoms. The van der Waals surface area contributed by atoms with E-state index in [4.69, 9.17) is 0 Å². The zero-order valence-corrected chi connectivity index (χ0v) is 14.9. The Balaban J connectivity index is 2.17. The summed E-state index contributed by atoms with van der Waals surface area (Å²) >= 11 is 0. The molecule has 0 amide bonds. The van der Waals surface area contributed by atoms with Crippen LogP contribution < -0.4 is 4.74 Å². The van der Waals surface area contributed by atoms with E-state index in [0.29, 0.717) is 6.42 Å². The van der Waals surface area contributed by atoms with Crippen molar-refractivity contribution in [3.63, 3.8) is 0 Å². The number of halogens is 3. The summed E-state index contributed by atoms with van der Waals surface area (Å²) in [5.74, 6) is 0.0309. The van der Waals surface area contributed by atoms with Gasteiger partial charge in [0.25, 0.3) is 0 Å². The van der Waals surface area contributed by atoms with Gasteiger partial charge in [0.15, 0.2) is 9.84 Å². The fourth-order valence-electron chi connectivity index (χ4n) is 2.26. The van der Waals surface area contributed by atoms with Gasteiger partial charge in [-0.05, 0) is 50.8 Å². The second-order valence-electron chi connectivity index (χ2n) is 6.13. The number of benzene rings is 1. The van der Waals surface area contributed by atoms with Crippen LogP contribution in [0.2, 0.25) is 0 Å². The molecule has 0 radical (unpaired) electrons. The number of aryl methyl sites for hydroxylation is 1. The second kappa shape index (κ2) is 9.30. The smallest absolute Gasteiger partial charge is 0.406 e. The van der Waals surface area contributed by atoms with E-state index in [1.807, 2.05) is 0 Å². The number of unbranched alkanes of at least 4 members (excludes halogenated alkanes) is 4. The third kappa shape index (κ3) is 8.57. The second-order valence-corrected chi connectivity index (χ2v) is 8.80. The highest BCUT2D eigenvalue weighted by Gasteiger charge is 2.30. The summed E-state index contributed by atoms with van der Waals surface area (Å²) in [7, 11) is -2.94. The quantitative estimate of drug-likeness (QED) is 0.553. The van der Waals surface area contributed by atoms with Crippen LogP contribution in [0, 0.1) is 0 Å². The normalized spacial score (nSPS) is 12.6. The maximum atomic E-state index is 12.1. The molecule has 0 unspecified atom stereocenters. The van der Waals surface area contributed by atoms with E-state index in [1.165, 1.54) is 12.1 Å². The Morgan fingerprint density at radius 3 is 2.04 bits per heavy atom. The van der Waals surface area contributed by atoms with Crippen LogP contribution in [-0.2, 0) is 16.3 Å². The molecule has 0 aliphatic rings. The number of hydrogen-bond acceptors (Lipinski definition) is 3. The number of rotatable bonds is 10. The van der Waals surface area contributed by atoms with E-state index in [2.05, 4.69) is 4.74 Å². The SMILES string of the molecule is CC(C)S(=O)(=O)CCCCCCCc1ccc(OC(F)(F)F)cc1. The van der Waals surface area contributed by atoms with E-state index in [0.717, 1.165) is 37.7 Å². The van der Waals surface area contributed by atoms with Crippen LogP contribution in [0.15, 0.2) is 24.3 Å². The van der Waals surface area contributed by atoms with Gasteiger partial charge in [-0.3, -0.25) is 0 Å². The predicted molar refractivity (Wildman–Crippen MR) is 88.8 cm³/mol. The van der Waals surface area contributed by atoms with Crippen molar-refractivity contribution in [2.45, 2.75) is 64.0 Å². The first-order valence-electron chi connectivity index (χ1n) is 8.16. The summed E-state index contributed by atoms with van der Waals surface area (Å²) < 4.78 is 63.2. The van der Waals surface area contributed by atoms with Gasteiger partial charge in [-0.15, -0.1) is 13.2 Å². The van der Waals surface area contributed by atoms with E-state index in [-0.39, 0.29) is 16.8 Å². The van der Waals surface area contributed by atoms with Crippen molar-refractivity contribution < 1.29 is 26.3 Å². The molecule has 0 aromatic heterocycles. The highest BCUT2D eigenvalue weighted by molar-refractivity contribution is 7.91. The molecular weight excluding hydrogens is 341 g/mol. The van der Waals surface area contributed by atoms with Gasteiger partial charge in [0.1, 0.15) is 5.75 Å². The van der Waals surface area contributed by atoms with E-state index < -0.39 is 16.2 Å². The first-order valence-corrected chi connectivity index (χ1v) is 9.88. The Hall–Kier alpha value is -1.24. The van der Waals surface area contributed by atoms with Crippen molar-refractivity contribution in [3.8, 4) is 5.75 Å². The lowest BCUT2D eigenvalue weighted by Gasteiger charge is -2.09. The molecule has 0 N–H and O–H groups in total. The Kier molecular flexibility index (Phi) is 8.06. The first-order chi connectivity index (χ1) is 11.1. The minimum absolute atomic E-state index is 0.211. The third-order valence-corrected chi connectivity index (χ3v) is 6.06. The van der Waals surface area contributed by atoms with Crippen LogP contribution in [0.5, 0.6) is 5.75 Å². The molecule has 0 aliphatic heterocycles. The highest BCUT2D eigenvalue weighted by atomic mass is 32.2. The van der Waals surface area contributed by atoms with Gasteiger partial charge in [0, 0.05) is 0 Å². The zero-order valence-electron chi connectivity index (χ0n) is 14.1. The van der Waals surface area contributed by atoms with Gasteiger partial charge in [0.05, 0.1) is 11.0 Å². The Bertz CT molecular complexity index is 578. The van der Waals surface area contributed by atoms with E-state index >= 15 is 0 Å². The standard InChI is InChI=1S/C17H25F3O3S/c1-14(2)24(21,22)13-7-5-3-4-6-8-15-9-11-16(12-10-15)23-17(18,19)20/h9-12,14H,3-8,13H2,1-2H3. The predicted octanol–water partition coefficient (Wildman–Crippen LogP) is 4.90. The summed E-state index contributed by atoms with van der Waals surface area (Å²) in [6.45, 7) is 3.39. The summed E-state index contributed by atoms with van der Waals surface area (Å²) in [5.41, 5.74) is 0.965. The molecule has 3 nitrogen and oxygen atoms in total. The third-order valence-electron chi connectivity index (χ3n) is 3.77. The van der Waals surface area contributed by atoms with Gasteiger partial charge in [-0.1, -0.05) is 31.4 Å². The maximum absolute atomic E-state index is 12.1. The minimum Gasteiger partial charge on any atom is -0.406 e. The van der Waals surface area contributed by atoms with E-state index in [9.17, 15) is 21.6 Å². The van der Waals surface area contributed by atoms with Crippen molar-refractivity contribution in [2.75, 3.05) is 5.75 Å². The molecule has 0 bridgehead atoms. The number of ether oxygens (including phenoxy) is 1. The molecular formula is C17H25F3O3S. The maximum Gasteiger partial charge on any atom is 0.573 e. The minimum atomic E-state index is -4.66. The van der Waals surface area contributed by atoms with Crippen LogP contribution in [0.4, 0.5) is 13.2 Å². The Morgan fingerprint density at radius 2 is 1.50 bits per heavy atom. The molecule has 0 saturated carbocycles. The number of alkyl halides is 3. The lowest BCUT2D eigenvalue weighted by Crippen LogP contribution is -2.17. The fraction of sp³-hybridized carbons (Fsp3) is 0.647. The molecule has 138 valence electrons. The fourth-order valence-corrected chi connectivity index (χ4v) is 3.33. The van der Waals surface area contributed by atoms with Crippen molar-refractivity contribution in [1.82, 2.24) is 0 Å². The Morgan fingerprint density at radius 1 is 0.958 bits per heavy atom.